The molecule has 0 aliphatic heterocycles. The van der Waals surface area contributed by atoms with E-state index >= 15 is 0 Å². The maximum atomic E-state index is 12.5. The Morgan fingerprint density at radius 1 is 1.09 bits per heavy atom. The van der Waals surface area contributed by atoms with Crippen LogP contribution in [0.1, 0.15) is 65.7 Å². The zero-order chi connectivity index (χ0) is 15.7. The van der Waals surface area contributed by atoms with Crippen LogP contribution in [0, 0.1) is 34.5 Å². The van der Waals surface area contributed by atoms with Gasteiger partial charge < -0.3 is 0 Å². The first kappa shape index (κ1) is 15.2. The molecule has 2 heteroatoms. The Balaban J connectivity index is 1.75. The van der Waals surface area contributed by atoms with Crippen LogP contribution in [0.4, 0.5) is 0 Å². The Kier molecular flexibility index (Phi) is 3.36. The summed E-state index contributed by atoms with van der Waals surface area (Å²) in [6.45, 7) is 7.12. The number of fused-ring (bicyclic) bond motifs is 5. The van der Waals surface area contributed by atoms with Gasteiger partial charge in [0, 0.05) is 11.8 Å². The second kappa shape index (κ2) is 4.85. The molecular formula is C20H29ClO. The number of hydrogen-bond acceptors (Lipinski definition) is 1. The van der Waals surface area contributed by atoms with Gasteiger partial charge in [0.2, 0.25) is 0 Å². The summed E-state index contributed by atoms with van der Waals surface area (Å²) in [6.07, 6.45) is 10.5. The van der Waals surface area contributed by atoms with Gasteiger partial charge in [-0.3, -0.25) is 4.79 Å². The molecule has 4 aliphatic carbocycles. The van der Waals surface area contributed by atoms with Gasteiger partial charge in [0.1, 0.15) is 5.78 Å². The summed E-state index contributed by atoms with van der Waals surface area (Å²) < 4.78 is 0. The van der Waals surface area contributed by atoms with Crippen LogP contribution < -0.4 is 0 Å². The summed E-state index contributed by atoms with van der Waals surface area (Å²) >= 11 is 6.91. The van der Waals surface area contributed by atoms with Crippen molar-refractivity contribution >= 4 is 17.4 Å². The molecular weight excluding hydrogens is 292 g/mol. The van der Waals surface area contributed by atoms with Crippen molar-refractivity contribution in [2.24, 2.45) is 34.5 Å². The number of halogens is 1. The van der Waals surface area contributed by atoms with Gasteiger partial charge in [0.25, 0.3) is 0 Å². The molecule has 0 spiro atoms. The fourth-order valence-corrected chi connectivity index (χ4v) is 7.06. The minimum Gasteiger partial charge on any atom is -0.299 e. The predicted octanol–water partition coefficient (Wildman–Crippen LogP) is 5.37. The molecule has 0 unspecified atom stereocenters. The molecule has 3 saturated carbocycles. The molecule has 0 amide bonds. The molecule has 0 aromatic rings. The van der Waals surface area contributed by atoms with Crippen LogP contribution in [0.25, 0.3) is 0 Å². The van der Waals surface area contributed by atoms with Crippen molar-refractivity contribution in [2.45, 2.75) is 71.1 Å². The largest absolute Gasteiger partial charge is 0.299 e. The molecule has 0 N–H and O–H groups in total. The van der Waals surface area contributed by atoms with E-state index in [1.807, 2.05) is 0 Å². The lowest BCUT2D eigenvalue weighted by Crippen LogP contribution is -2.53. The molecule has 122 valence electrons. The van der Waals surface area contributed by atoms with E-state index < -0.39 is 0 Å². The van der Waals surface area contributed by atoms with Crippen molar-refractivity contribution < 1.29 is 4.79 Å². The van der Waals surface area contributed by atoms with Gasteiger partial charge in [-0.2, -0.15) is 0 Å². The van der Waals surface area contributed by atoms with Crippen molar-refractivity contribution in [3.05, 3.63) is 11.6 Å². The number of ketones is 1. The highest BCUT2D eigenvalue weighted by Crippen LogP contribution is 2.64. The normalized spacial score (nSPS) is 54.3. The molecule has 4 rings (SSSR count). The van der Waals surface area contributed by atoms with Crippen molar-refractivity contribution in [3.63, 3.8) is 0 Å². The van der Waals surface area contributed by atoms with Gasteiger partial charge in [-0.25, -0.2) is 0 Å². The first-order valence-electron chi connectivity index (χ1n) is 9.25. The monoisotopic (exact) mass is 320 g/mol. The number of rotatable bonds is 0. The molecule has 4 aliphatic rings. The standard InChI is InChI=1S/C20H29ClO/c1-12-6-8-19(2)13(10-12)11-16(21)18-14-4-5-17(22)20(14,3)9-7-15(18)19/h11-12,14-16,18H,4-10H2,1-3H3/t12-,14-,15-,16-,18-,19-,20-/m0/s1. The third-order valence-corrected chi connectivity index (χ3v) is 8.46. The van der Waals surface area contributed by atoms with E-state index in [1.54, 1.807) is 5.57 Å². The number of carbonyl (C=O) groups is 1. The summed E-state index contributed by atoms with van der Waals surface area (Å²) in [7, 11) is 0. The Hall–Kier alpha value is -0.300. The van der Waals surface area contributed by atoms with Crippen LogP contribution in [0.2, 0.25) is 0 Å². The van der Waals surface area contributed by atoms with Crippen LogP contribution in [0.5, 0.6) is 0 Å². The summed E-state index contributed by atoms with van der Waals surface area (Å²) in [4.78, 5) is 12.5. The van der Waals surface area contributed by atoms with E-state index in [1.165, 1.54) is 25.7 Å². The highest BCUT2D eigenvalue weighted by Gasteiger charge is 2.60. The number of carbonyl (C=O) groups excluding carboxylic acids is 1. The second-order valence-electron chi connectivity index (χ2n) is 9.11. The molecule has 3 fully saturated rings. The van der Waals surface area contributed by atoms with Crippen molar-refractivity contribution in [3.8, 4) is 0 Å². The van der Waals surface area contributed by atoms with Gasteiger partial charge in [0.05, 0.1) is 5.38 Å². The summed E-state index contributed by atoms with van der Waals surface area (Å²) in [6, 6.07) is 0. The molecule has 0 bridgehead atoms. The summed E-state index contributed by atoms with van der Waals surface area (Å²) in [5, 5.41) is 0.147. The third kappa shape index (κ3) is 1.87. The van der Waals surface area contributed by atoms with Crippen molar-refractivity contribution in [2.75, 3.05) is 0 Å². The maximum Gasteiger partial charge on any atom is 0.139 e. The first-order chi connectivity index (χ1) is 10.4. The van der Waals surface area contributed by atoms with E-state index in [9.17, 15) is 4.79 Å². The lowest BCUT2D eigenvalue weighted by molar-refractivity contribution is -0.131. The quantitative estimate of drug-likeness (QED) is 0.433. The fraction of sp³-hybridized carbons (Fsp3) is 0.850. The SMILES string of the molecule is C[C@H]1CC[C@@]2(C)C(=C[C@H](Cl)[C@@H]3[C@@H]2CC[C@]2(C)C(=O)CC[C@@H]32)C1. The minimum absolute atomic E-state index is 0.0715. The van der Waals surface area contributed by atoms with Gasteiger partial charge in [-0.15, -0.1) is 11.6 Å². The number of alkyl halides is 1. The van der Waals surface area contributed by atoms with Crippen LogP contribution in [-0.2, 0) is 4.79 Å². The molecule has 0 saturated heterocycles. The molecule has 0 aromatic carbocycles. The molecule has 1 nitrogen and oxygen atoms in total. The third-order valence-electron chi connectivity index (χ3n) is 8.05. The molecule has 7 atom stereocenters. The molecule has 0 heterocycles. The van der Waals surface area contributed by atoms with E-state index in [0.29, 0.717) is 29.0 Å². The van der Waals surface area contributed by atoms with Crippen LogP contribution >= 0.6 is 11.6 Å². The Bertz CT molecular complexity index is 538. The highest BCUT2D eigenvalue weighted by atomic mass is 35.5. The fourth-order valence-electron chi connectivity index (χ4n) is 6.56. The number of hydrogen-bond donors (Lipinski definition) is 0. The topological polar surface area (TPSA) is 17.1 Å². The summed E-state index contributed by atoms with van der Waals surface area (Å²) in [5.41, 5.74) is 1.92. The lowest BCUT2D eigenvalue weighted by atomic mass is 9.47. The summed E-state index contributed by atoms with van der Waals surface area (Å²) in [5.74, 6) is 3.06. The second-order valence-corrected chi connectivity index (χ2v) is 9.61. The minimum atomic E-state index is -0.0715. The average molecular weight is 321 g/mol. The van der Waals surface area contributed by atoms with E-state index in [4.69, 9.17) is 11.6 Å². The number of Topliss-reactive ketones (excluding diaryl/α,β-unsaturated/α-hetero) is 1. The first-order valence-corrected chi connectivity index (χ1v) is 9.68. The maximum absolute atomic E-state index is 12.5. The Morgan fingerprint density at radius 3 is 2.55 bits per heavy atom. The van der Waals surface area contributed by atoms with Crippen molar-refractivity contribution in [1.29, 1.82) is 0 Å². The van der Waals surface area contributed by atoms with E-state index in [0.717, 1.165) is 25.2 Å². The van der Waals surface area contributed by atoms with Crippen LogP contribution in [0.3, 0.4) is 0 Å². The average Bonchev–Trinajstić information content (AvgIpc) is 2.77. The highest BCUT2D eigenvalue weighted by molar-refractivity contribution is 6.22. The van der Waals surface area contributed by atoms with Crippen LogP contribution in [0.15, 0.2) is 11.6 Å². The Labute approximate surface area is 139 Å². The lowest BCUT2D eigenvalue weighted by Gasteiger charge is -2.58. The predicted molar refractivity (Wildman–Crippen MR) is 90.9 cm³/mol. The van der Waals surface area contributed by atoms with Gasteiger partial charge in [0.15, 0.2) is 0 Å². The zero-order valence-corrected chi connectivity index (χ0v) is 15.0. The van der Waals surface area contributed by atoms with Gasteiger partial charge >= 0.3 is 0 Å². The van der Waals surface area contributed by atoms with E-state index in [-0.39, 0.29) is 10.8 Å². The molecule has 0 aromatic heterocycles. The van der Waals surface area contributed by atoms with Crippen LogP contribution in [-0.4, -0.2) is 11.2 Å². The smallest absolute Gasteiger partial charge is 0.139 e. The zero-order valence-electron chi connectivity index (χ0n) is 14.2. The van der Waals surface area contributed by atoms with Gasteiger partial charge in [-0.1, -0.05) is 32.4 Å². The number of allylic oxidation sites excluding steroid dienone is 2. The van der Waals surface area contributed by atoms with E-state index in [2.05, 4.69) is 26.8 Å². The Morgan fingerprint density at radius 2 is 1.77 bits per heavy atom. The van der Waals surface area contributed by atoms with Crippen molar-refractivity contribution in [1.82, 2.24) is 0 Å². The van der Waals surface area contributed by atoms with Gasteiger partial charge in [-0.05, 0) is 67.6 Å². The molecule has 22 heavy (non-hydrogen) atoms. The molecule has 0 radical (unpaired) electrons.